The van der Waals surface area contributed by atoms with Crippen LogP contribution in [0.2, 0.25) is 0 Å². The van der Waals surface area contributed by atoms with E-state index in [0.717, 1.165) is 16.5 Å². The Hall–Kier alpha value is -2.64. The lowest BCUT2D eigenvalue weighted by Gasteiger charge is -2.11. The summed E-state index contributed by atoms with van der Waals surface area (Å²) in [5, 5.41) is 0.852. The highest BCUT2D eigenvalue weighted by atomic mass is 32.2. The molecule has 0 aliphatic heterocycles. The van der Waals surface area contributed by atoms with E-state index in [1.165, 1.54) is 13.2 Å². The summed E-state index contributed by atoms with van der Waals surface area (Å²) in [6.07, 6.45) is 0. The van der Waals surface area contributed by atoms with Gasteiger partial charge >= 0.3 is 0 Å². The van der Waals surface area contributed by atoms with Gasteiger partial charge in [0.2, 0.25) is 10.0 Å². The molecule has 0 unspecified atom stereocenters. The Kier molecular flexibility index (Phi) is 4.84. The second-order valence-electron chi connectivity index (χ2n) is 6.17. The SMILES string of the molecule is COc1ccc(S(=O)(=O)NCc2cc3ccc(C)cc3[nH]c2=O)c(C)c1. The van der Waals surface area contributed by atoms with E-state index in [-0.39, 0.29) is 17.0 Å². The van der Waals surface area contributed by atoms with Gasteiger partial charge < -0.3 is 9.72 Å². The van der Waals surface area contributed by atoms with Crippen LogP contribution in [0.5, 0.6) is 5.75 Å². The second-order valence-corrected chi connectivity index (χ2v) is 7.91. The molecule has 2 N–H and O–H groups in total. The van der Waals surface area contributed by atoms with Crippen molar-refractivity contribution in [3.63, 3.8) is 0 Å². The third-order valence-electron chi connectivity index (χ3n) is 4.20. The molecular formula is C19H20N2O4S. The Morgan fingerprint density at radius 2 is 1.85 bits per heavy atom. The third kappa shape index (κ3) is 3.63. The van der Waals surface area contributed by atoms with Crippen molar-refractivity contribution >= 4 is 20.9 Å². The molecule has 7 heteroatoms. The van der Waals surface area contributed by atoms with Crippen molar-refractivity contribution in [3.05, 3.63) is 69.5 Å². The van der Waals surface area contributed by atoms with Crippen LogP contribution in [0.25, 0.3) is 10.9 Å². The molecule has 0 fully saturated rings. The zero-order chi connectivity index (χ0) is 18.9. The average Bonchev–Trinajstić information content (AvgIpc) is 2.59. The molecule has 1 heterocycles. The Bertz CT molecular complexity index is 1130. The lowest BCUT2D eigenvalue weighted by Crippen LogP contribution is -2.27. The van der Waals surface area contributed by atoms with E-state index in [0.29, 0.717) is 16.9 Å². The maximum atomic E-state index is 12.6. The Morgan fingerprint density at radius 3 is 2.54 bits per heavy atom. The summed E-state index contributed by atoms with van der Waals surface area (Å²) in [6.45, 7) is 3.55. The van der Waals surface area contributed by atoms with Crippen molar-refractivity contribution in [3.8, 4) is 5.75 Å². The fourth-order valence-corrected chi connectivity index (χ4v) is 4.02. The van der Waals surface area contributed by atoms with E-state index in [1.807, 2.05) is 25.1 Å². The number of methoxy groups -OCH3 is 1. The number of aromatic nitrogens is 1. The number of sulfonamides is 1. The molecule has 0 atom stereocenters. The highest BCUT2D eigenvalue weighted by Gasteiger charge is 2.17. The molecule has 6 nitrogen and oxygen atoms in total. The van der Waals surface area contributed by atoms with Crippen LogP contribution < -0.4 is 15.0 Å². The Balaban J connectivity index is 1.88. The van der Waals surface area contributed by atoms with Crippen LogP contribution in [-0.2, 0) is 16.6 Å². The minimum atomic E-state index is -3.75. The Labute approximate surface area is 151 Å². The van der Waals surface area contributed by atoms with Gasteiger partial charge in [0.1, 0.15) is 5.75 Å². The quantitative estimate of drug-likeness (QED) is 0.721. The first-order chi connectivity index (χ1) is 12.3. The van der Waals surface area contributed by atoms with Gasteiger partial charge in [-0.1, -0.05) is 12.1 Å². The monoisotopic (exact) mass is 372 g/mol. The van der Waals surface area contributed by atoms with Crippen molar-refractivity contribution in [1.82, 2.24) is 9.71 Å². The number of ether oxygens (including phenoxy) is 1. The molecule has 1 aromatic heterocycles. The van der Waals surface area contributed by atoms with Crippen LogP contribution in [0, 0.1) is 13.8 Å². The number of rotatable bonds is 5. The lowest BCUT2D eigenvalue weighted by molar-refractivity contribution is 0.414. The van der Waals surface area contributed by atoms with Crippen LogP contribution in [0.3, 0.4) is 0 Å². The smallest absolute Gasteiger partial charge is 0.252 e. The van der Waals surface area contributed by atoms with Gasteiger partial charge in [-0.15, -0.1) is 0 Å². The maximum absolute atomic E-state index is 12.6. The summed E-state index contributed by atoms with van der Waals surface area (Å²) >= 11 is 0. The summed E-state index contributed by atoms with van der Waals surface area (Å²) < 4.78 is 32.8. The predicted octanol–water partition coefficient (Wildman–Crippen LogP) is 2.63. The largest absolute Gasteiger partial charge is 0.497 e. The van der Waals surface area contributed by atoms with E-state index >= 15 is 0 Å². The maximum Gasteiger partial charge on any atom is 0.252 e. The van der Waals surface area contributed by atoms with Gasteiger partial charge in [0.05, 0.1) is 12.0 Å². The molecule has 0 saturated heterocycles. The molecule has 26 heavy (non-hydrogen) atoms. The van der Waals surface area contributed by atoms with Gasteiger partial charge in [-0.25, -0.2) is 13.1 Å². The minimum absolute atomic E-state index is 0.0903. The molecule has 3 rings (SSSR count). The molecule has 0 saturated carbocycles. The predicted molar refractivity (Wildman–Crippen MR) is 101 cm³/mol. The number of fused-ring (bicyclic) bond motifs is 1. The number of hydrogen-bond acceptors (Lipinski definition) is 4. The van der Waals surface area contributed by atoms with Crippen molar-refractivity contribution in [2.24, 2.45) is 0 Å². The number of aryl methyl sites for hydroxylation is 2. The highest BCUT2D eigenvalue weighted by molar-refractivity contribution is 7.89. The molecule has 2 aromatic carbocycles. The molecular weight excluding hydrogens is 352 g/mol. The fourth-order valence-electron chi connectivity index (χ4n) is 2.79. The normalized spacial score (nSPS) is 11.7. The number of H-pyrrole nitrogens is 1. The molecule has 0 spiro atoms. The summed E-state index contributed by atoms with van der Waals surface area (Å²) in [5.41, 5.74) is 2.39. The van der Waals surface area contributed by atoms with E-state index in [4.69, 9.17) is 4.74 Å². The zero-order valence-electron chi connectivity index (χ0n) is 14.8. The van der Waals surface area contributed by atoms with Crippen molar-refractivity contribution < 1.29 is 13.2 Å². The lowest BCUT2D eigenvalue weighted by atomic mass is 10.1. The molecule has 0 bridgehead atoms. The second kappa shape index (κ2) is 6.93. The first-order valence-electron chi connectivity index (χ1n) is 8.07. The minimum Gasteiger partial charge on any atom is -0.497 e. The first kappa shape index (κ1) is 18.2. The fraction of sp³-hybridized carbons (Fsp3) is 0.211. The number of aromatic amines is 1. The van der Waals surface area contributed by atoms with E-state index in [1.54, 1.807) is 25.1 Å². The van der Waals surface area contributed by atoms with Gasteiger partial charge in [-0.2, -0.15) is 0 Å². The average molecular weight is 372 g/mol. The number of benzene rings is 2. The van der Waals surface area contributed by atoms with Gasteiger partial charge in [-0.05, 0) is 60.7 Å². The van der Waals surface area contributed by atoms with Crippen molar-refractivity contribution in [2.45, 2.75) is 25.3 Å². The van der Waals surface area contributed by atoms with Gasteiger partial charge in [0.25, 0.3) is 5.56 Å². The summed E-state index contributed by atoms with van der Waals surface area (Å²) in [4.78, 5) is 15.2. The van der Waals surface area contributed by atoms with E-state index in [9.17, 15) is 13.2 Å². The van der Waals surface area contributed by atoms with Crippen LogP contribution in [0.4, 0.5) is 0 Å². The van der Waals surface area contributed by atoms with Crippen LogP contribution in [0.15, 0.2) is 52.2 Å². The summed E-state index contributed by atoms with van der Waals surface area (Å²) in [5.74, 6) is 0.586. The zero-order valence-corrected chi connectivity index (χ0v) is 15.6. The highest BCUT2D eigenvalue weighted by Crippen LogP contribution is 2.21. The van der Waals surface area contributed by atoms with E-state index in [2.05, 4.69) is 9.71 Å². The van der Waals surface area contributed by atoms with Crippen molar-refractivity contribution in [2.75, 3.05) is 7.11 Å². The molecule has 0 aliphatic rings. The van der Waals surface area contributed by atoms with Crippen LogP contribution >= 0.6 is 0 Å². The molecule has 0 amide bonds. The molecule has 0 aliphatic carbocycles. The van der Waals surface area contributed by atoms with Crippen LogP contribution in [0.1, 0.15) is 16.7 Å². The van der Waals surface area contributed by atoms with Gasteiger partial charge in [0, 0.05) is 17.6 Å². The third-order valence-corrected chi connectivity index (χ3v) is 5.76. The number of hydrogen-bond donors (Lipinski definition) is 2. The molecule has 3 aromatic rings. The van der Waals surface area contributed by atoms with E-state index < -0.39 is 10.0 Å². The topological polar surface area (TPSA) is 88.3 Å². The molecule has 136 valence electrons. The molecule has 0 radical (unpaired) electrons. The van der Waals surface area contributed by atoms with Crippen LogP contribution in [-0.4, -0.2) is 20.5 Å². The Morgan fingerprint density at radius 1 is 1.08 bits per heavy atom. The first-order valence-corrected chi connectivity index (χ1v) is 9.55. The number of pyridine rings is 1. The summed E-state index contributed by atoms with van der Waals surface area (Å²) in [7, 11) is -2.23. The standard InChI is InChI=1S/C19H20N2O4S/c1-12-4-5-14-10-15(19(22)21-17(14)8-12)11-20-26(23,24)18-7-6-16(25-3)9-13(18)2/h4-10,20H,11H2,1-3H3,(H,21,22). The van der Waals surface area contributed by atoms with Gasteiger partial charge in [-0.3, -0.25) is 4.79 Å². The summed E-state index contributed by atoms with van der Waals surface area (Å²) in [6, 6.07) is 12.2. The number of nitrogens with one attached hydrogen (secondary N) is 2. The van der Waals surface area contributed by atoms with Crippen molar-refractivity contribution in [1.29, 1.82) is 0 Å². The van der Waals surface area contributed by atoms with Gasteiger partial charge in [0.15, 0.2) is 0 Å².